The van der Waals surface area contributed by atoms with Crippen LogP contribution in [0.2, 0.25) is 0 Å². The van der Waals surface area contributed by atoms with Crippen molar-refractivity contribution in [2.75, 3.05) is 13.1 Å². The third-order valence-electron chi connectivity index (χ3n) is 3.11. The molecule has 0 atom stereocenters. The molecule has 0 spiro atoms. The number of carboxylic acid groups (broad SMARTS) is 1. The summed E-state index contributed by atoms with van der Waals surface area (Å²) in [6.45, 7) is 6.33. The van der Waals surface area contributed by atoms with Crippen molar-refractivity contribution in [2.24, 2.45) is 5.92 Å². The molecule has 1 rings (SSSR count). The quantitative estimate of drug-likeness (QED) is 0.732. The number of amides is 2. The molecule has 2 N–H and O–H groups in total. The maximum atomic E-state index is 12.1. The van der Waals surface area contributed by atoms with Crippen molar-refractivity contribution in [3.8, 4) is 0 Å². The molecule has 104 valence electrons. The van der Waals surface area contributed by atoms with Crippen molar-refractivity contribution < 1.29 is 14.7 Å². The van der Waals surface area contributed by atoms with E-state index < -0.39 is 5.97 Å². The van der Waals surface area contributed by atoms with E-state index in [1.165, 1.54) is 4.90 Å². The number of urea groups is 1. The number of nitrogens with zero attached hydrogens (tertiary/aromatic N) is 1. The van der Waals surface area contributed by atoms with Gasteiger partial charge in [0, 0.05) is 12.1 Å². The number of carboxylic acids is 1. The lowest BCUT2D eigenvalue weighted by Crippen LogP contribution is -2.51. The van der Waals surface area contributed by atoms with Crippen LogP contribution in [-0.4, -0.2) is 40.6 Å². The smallest absolute Gasteiger partial charge is 0.323 e. The van der Waals surface area contributed by atoms with Gasteiger partial charge in [0.25, 0.3) is 0 Å². The molecule has 0 heterocycles. The largest absolute Gasteiger partial charge is 0.480 e. The SMILES string of the molecule is CCCC(C)(C)NC(=O)N(CC(=O)O)CC1CC1. The molecule has 0 radical (unpaired) electrons. The van der Waals surface area contributed by atoms with Crippen molar-refractivity contribution in [1.29, 1.82) is 0 Å². The molecular formula is C13H24N2O3. The second-order valence-corrected chi connectivity index (χ2v) is 5.78. The molecule has 1 aliphatic rings. The zero-order chi connectivity index (χ0) is 13.8. The Hall–Kier alpha value is -1.26. The van der Waals surface area contributed by atoms with Crippen molar-refractivity contribution in [2.45, 2.75) is 52.0 Å². The minimum absolute atomic E-state index is 0.218. The van der Waals surface area contributed by atoms with Gasteiger partial charge in [0.1, 0.15) is 6.54 Å². The van der Waals surface area contributed by atoms with Crippen LogP contribution in [0.5, 0.6) is 0 Å². The highest BCUT2D eigenvalue weighted by Crippen LogP contribution is 2.29. The van der Waals surface area contributed by atoms with Gasteiger partial charge < -0.3 is 15.3 Å². The zero-order valence-corrected chi connectivity index (χ0v) is 11.5. The summed E-state index contributed by atoms with van der Waals surface area (Å²) in [5, 5.41) is 11.8. The van der Waals surface area contributed by atoms with Crippen molar-refractivity contribution in [1.82, 2.24) is 10.2 Å². The zero-order valence-electron chi connectivity index (χ0n) is 11.5. The number of aliphatic carboxylic acids is 1. The molecule has 0 aromatic heterocycles. The van der Waals surface area contributed by atoms with Crippen LogP contribution in [0.15, 0.2) is 0 Å². The fourth-order valence-corrected chi connectivity index (χ4v) is 2.05. The number of carbonyl (C=O) groups is 2. The minimum atomic E-state index is -0.959. The van der Waals surface area contributed by atoms with Crippen molar-refractivity contribution in [3.05, 3.63) is 0 Å². The first-order valence-electron chi connectivity index (χ1n) is 6.63. The van der Waals surface area contributed by atoms with Gasteiger partial charge in [0.05, 0.1) is 0 Å². The number of hydrogen-bond donors (Lipinski definition) is 2. The first kappa shape index (κ1) is 14.8. The Labute approximate surface area is 109 Å². The van der Waals surface area contributed by atoms with Gasteiger partial charge >= 0.3 is 12.0 Å². The highest BCUT2D eigenvalue weighted by molar-refractivity contribution is 5.80. The lowest BCUT2D eigenvalue weighted by atomic mass is 9.99. The summed E-state index contributed by atoms with van der Waals surface area (Å²) in [4.78, 5) is 24.3. The molecule has 18 heavy (non-hydrogen) atoms. The second kappa shape index (κ2) is 6.07. The van der Waals surface area contributed by atoms with E-state index in [9.17, 15) is 9.59 Å². The summed E-state index contributed by atoms with van der Waals surface area (Å²) < 4.78 is 0. The van der Waals surface area contributed by atoms with Crippen LogP contribution in [0.25, 0.3) is 0 Å². The Morgan fingerprint density at radius 3 is 2.44 bits per heavy atom. The Kier molecular flexibility index (Phi) is 4.99. The molecule has 0 bridgehead atoms. The molecule has 1 fully saturated rings. The lowest BCUT2D eigenvalue weighted by Gasteiger charge is -2.30. The van der Waals surface area contributed by atoms with Gasteiger partial charge in [-0.25, -0.2) is 4.79 Å². The van der Waals surface area contributed by atoms with Gasteiger partial charge in [-0.3, -0.25) is 4.79 Å². The maximum Gasteiger partial charge on any atom is 0.323 e. The van der Waals surface area contributed by atoms with Gasteiger partial charge in [-0.15, -0.1) is 0 Å². The monoisotopic (exact) mass is 256 g/mol. The van der Waals surface area contributed by atoms with Crippen LogP contribution < -0.4 is 5.32 Å². The summed E-state index contributed by atoms with van der Waals surface area (Å²) in [6.07, 6.45) is 4.06. The molecule has 5 heteroatoms. The fraction of sp³-hybridized carbons (Fsp3) is 0.846. The van der Waals surface area contributed by atoms with Crippen molar-refractivity contribution in [3.63, 3.8) is 0 Å². The van der Waals surface area contributed by atoms with Crippen LogP contribution in [0, 0.1) is 5.92 Å². The number of hydrogen-bond acceptors (Lipinski definition) is 2. The molecule has 0 aromatic rings. The van der Waals surface area contributed by atoms with E-state index >= 15 is 0 Å². The van der Waals surface area contributed by atoms with Crippen molar-refractivity contribution >= 4 is 12.0 Å². The summed E-state index contributed by atoms with van der Waals surface area (Å²) >= 11 is 0. The fourth-order valence-electron chi connectivity index (χ4n) is 2.05. The summed E-state index contributed by atoms with van der Waals surface area (Å²) in [5.41, 5.74) is -0.286. The number of carbonyl (C=O) groups excluding carboxylic acids is 1. The molecule has 1 aliphatic carbocycles. The van der Waals surface area contributed by atoms with Gasteiger partial charge in [-0.2, -0.15) is 0 Å². The second-order valence-electron chi connectivity index (χ2n) is 5.78. The Balaban J connectivity index is 2.54. The molecule has 1 saturated carbocycles. The van der Waals surface area contributed by atoms with E-state index in [0.717, 1.165) is 25.7 Å². The molecular weight excluding hydrogens is 232 g/mol. The van der Waals surface area contributed by atoms with Crippen LogP contribution in [-0.2, 0) is 4.79 Å². The third-order valence-corrected chi connectivity index (χ3v) is 3.11. The first-order valence-corrected chi connectivity index (χ1v) is 6.63. The Bertz CT molecular complexity index is 311. The van der Waals surface area contributed by atoms with Crippen LogP contribution in [0.4, 0.5) is 4.79 Å². The van der Waals surface area contributed by atoms with Crippen LogP contribution >= 0.6 is 0 Å². The minimum Gasteiger partial charge on any atom is -0.480 e. The summed E-state index contributed by atoms with van der Waals surface area (Å²) in [5.74, 6) is -0.469. The molecule has 0 aromatic carbocycles. The Morgan fingerprint density at radius 2 is 2.00 bits per heavy atom. The molecule has 0 aliphatic heterocycles. The maximum absolute atomic E-state index is 12.1. The van der Waals surface area contributed by atoms with Gasteiger partial charge in [-0.05, 0) is 39.0 Å². The average molecular weight is 256 g/mol. The van der Waals surface area contributed by atoms with Gasteiger partial charge in [-0.1, -0.05) is 13.3 Å². The van der Waals surface area contributed by atoms with E-state index in [2.05, 4.69) is 12.2 Å². The van der Waals surface area contributed by atoms with Gasteiger partial charge in [0.15, 0.2) is 0 Å². The van der Waals surface area contributed by atoms with E-state index in [4.69, 9.17) is 5.11 Å². The van der Waals surface area contributed by atoms with Crippen LogP contribution in [0.3, 0.4) is 0 Å². The van der Waals surface area contributed by atoms with E-state index in [1.54, 1.807) is 0 Å². The van der Waals surface area contributed by atoms with Gasteiger partial charge in [0.2, 0.25) is 0 Å². The molecule has 2 amide bonds. The standard InChI is InChI=1S/C13H24N2O3/c1-4-7-13(2,3)14-12(18)15(9-11(16)17)8-10-5-6-10/h10H,4-9H2,1-3H3,(H,14,18)(H,16,17). The molecule has 5 nitrogen and oxygen atoms in total. The van der Waals surface area contributed by atoms with Crippen LogP contribution in [0.1, 0.15) is 46.5 Å². The average Bonchev–Trinajstić information content (AvgIpc) is 2.98. The van der Waals surface area contributed by atoms with E-state index in [1.807, 2.05) is 13.8 Å². The molecule has 0 unspecified atom stereocenters. The predicted octanol–water partition coefficient (Wildman–Crippen LogP) is 2.07. The summed E-state index contributed by atoms with van der Waals surface area (Å²) in [7, 11) is 0. The van der Waals surface area contributed by atoms with E-state index in [-0.39, 0.29) is 18.1 Å². The highest BCUT2D eigenvalue weighted by atomic mass is 16.4. The lowest BCUT2D eigenvalue weighted by molar-refractivity contribution is -0.137. The normalized spacial score (nSPS) is 15.3. The first-order chi connectivity index (χ1) is 8.34. The molecule has 0 saturated heterocycles. The topological polar surface area (TPSA) is 69.6 Å². The number of rotatable bonds is 7. The Morgan fingerprint density at radius 1 is 1.39 bits per heavy atom. The van der Waals surface area contributed by atoms with E-state index in [0.29, 0.717) is 12.5 Å². The highest BCUT2D eigenvalue weighted by Gasteiger charge is 2.30. The summed E-state index contributed by atoms with van der Waals surface area (Å²) in [6, 6.07) is -0.261. The third kappa shape index (κ3) is 5.38. The predicted molar refractivity (Wildman–Crippen MR) is 69.5 cm³/mol. The number of nitrogens with one attached hydrogen (secondary N) is 1.